The molecule has 2 heterocycles. The number of benzene rings is 1. The third-order valence-corrected chi connectivity index (χ3v) is 5.23. The van der Waals surface area contributed by atoms with Crippen LogP contribution in [0.4, 0.5) is 0 Å². The molecule has 144 valence electrons. The van der Waals surface area contributed by atoms with Crippen LogP contribution in [0.5, 0.6) is 5.75 Å². The second kappa shape index (κ2) is 6.78. The van der Waals surface area contributed by atoms with Gasteiger partial charge in [-0.15, -0.1) is 0 Å². The Bertz CT molecular complexity index is 813. The molecule has 0 spiro atoms. The first-order valence-electron chi connectivity index (χ1n) is 8.04. The first-order chi connectivity index (χ1) is 12.2. The molecule has 26 heavy (non-hydrogen) atoms. The second-order valence-electron chi connectivity index (χ2n) is 6.47. The fourth-order valence-electron chi connectivity index (χ4n) is 3.35. The number of aryl methyl sites for hydroxylation is 1. The van der Waals surface area contributed by atoms with E-state index in [0.29, 0.717) is 5.75 Å². The molecule has 1 aromatic rings. The lowest BCUT2D eigenvalue weighted by atomic mass is 9.92. The number of hydrogen-bond donors (Lipinski definition) is 1. The van der Waals surface area contributed by atoms with E-state index in [0.717, 1.165) is 17.4 Å². The lowest BCUT2D eigenvalue weighted by molar-refractivity contribution is -0.209. The van der Waals surface area contributed by atoms with Crippen LogP contribution in [0, 0.1) is 12.8 Å². The molecule has 0 aliphatic carbocycles. The summed E-state index contributed by atoms with van der Waals surface area (Å²) < 4.78 is 37.9. The summed E-state index contributed by atoms with van der Waals surface area (Å²) in [5.74, 6) is -0.498. The number of nitrogens with zero attached hydrogens (tertiary/aromatic N) is 1. The van der Waals surface area contributed by atoms with Crippen LogP contribution in [0.3, 0.4) is 0 Å². The van der Waals surface area contributed by atoms with Crippen molar-refractivity contribution in [1.82, 2.24) is 5.06 Å². The molecule has 2 fully saturated rings. The van der Waals surface area contributed by atoms with E-state index in [1.807, 2.05) is 25.1 Å². The number of rotatable bonds is 6. The normalized spacial score (nSPS) is 28.8. The molecule has 3 atom stereocenters. The highest BCUT2D eigenvalue weighted by atomic mass is 32.2. The topological polar surface area (TPSA) is 117 Å². The Labute approximate surface area is 152 Å². The number of carbonyl (C=O) groups excluding carboxylic acids is 1. The van der Waals surface area contributed by atoms with Gasteiger partial charge >= 0.3 is 5.97 Å². The van der Waals surface area contributed by atoms with E-state index in [1.54, 1.807) is 7.11 Å². The van der Waals surface area contributed by atoms with Crippen LogP contribution in [0.15, 0.2) is 18.2 Å². The number of para-hydroxylation sites is 1. The van der Waals surface area contributed by atoms with Crippen LogP contribution >= 0.6 is 0 Å². The van der Waals surface area contributed by atoms with Crippen LogP contribution in [-0.2, 0) is 35.2 Å². The zero-order valence-electron chi connectivity index (χ0n) is 14.8. The third-order valence-electron chi connectivity index (χ3n) is 4.67. The van der Waals surface area contributed by atoms with Crippen molar-refractivity contribution in [3.05, 3.63) is 29.3 Å². The highest BCUT2D eigenvalue weighted by Crippen LogP contribution is 2.41. The molecule has 0 aromatic heterocycles. The SMILES string of the molecule is COc1c(C)cccc1CN1OC(COS(C)(=O)=O)[C@H]2COC(=O)[C@]21N. The number of nitrogens with two attached hydrogens (primary N) is 1. The van der Waals surface area contributed by atoms with Crippen LogP contribution in [0.1, 0.15) is 11.1 Å². The maximum Gasteiger partial charge on any atom is 0.344 e. The maximum atomic E-state index is 12.3. The van der Waals surface area contributed by atoms with Gasteiger partial charge in [-0.2, -0.15) is 13.5 Å². The Balaban J connectivity index is 1.87. The first kappa shape index (κ1) is 19.1. The maximum absolute atomic E-state index is 12.3. The molecule has 0 bridgehead atoms. The summed E-state index contributed by atoms with van der Waals surface area (Å²) >= 11 is 0. The van der Waals surface area contributed by atoms with Crippen molar-refractivity contribution in [3.63, 3.8) is 0 Å². The van der Waals surface area contributed by atoms with E-state index < -0.39 is 33.8 Å². The lowest BCUT2D eigenvalue weighted by Gasteiger charge is -2.28. The smallest absolute Gasteiger partial charge is 0.344 e. The number of methoxy groups -OCH3 is 1. The quantitative estimate of drug-likeness (QED) is 0.529. The summed E-state index contributed by atoms with van der Waals surface area (Å²) in [6.07, 6.45) is 0.223. The van der Waals surface area contributed by atoms with Crippen molar-refractivity contribution in [1.29, 1.82) is 0 Å². The average molecular weight is 386 g/mol. The summed E-state index contributed by atoms with van der Waals surface area (Å²) in [5, 5.41) is 1.33. The monoisotopic (exact) mass is 386 g/mol. The predicted octanol–water partition coefficient (Wildman–Crippen LogP) is -0.0764. The van der Waals surface area contributed by atoms with Gasteiger partial charge in [0.15, 0.2) is 0 Å². The van der Waals surface area contributed by atoms with Gasteiger partial charge < -0.3 is 15.2 Å². The molecular weight excluding hydrogens is 364 g/mol. The molecule has 0 radical (unpaired) electrons. The van der Waals surface area contributed by atoms with Crippen molar-refractivity contribution >= 4 is 16.1 Å². The van der Waals surface area contributed by atoms with Crippen molar-refractivity contribution < 1.29 is 31.7 Å². The van der Waals surface area contributed by atoms with Crippen molar-refractivity contribution in [2.24, 2.45) is 11.7 Å². The highest BCUT2D eigenvalue weighted by Gasteiger charge is 2.63. The van der Waals surface area contributed by atoms with Gasteiger partial charge in [0.25, 0.3) is 10.1 Å². The summed E-state index contributed by atoms with van der Waals surface area (Å²) in [5.41, 5.74) is 6.53. The number of ether oxygens (including phenoxy) is 2. The molecule has 0 saturated carbocycles. The van der Waals surface area contributed by atoms with Gasteiger partial charge in [-0.1, -0.05) is 18.2 Å². The Morgan fingerprint density at radius 2 is 2.15 bits per heavy atom. The standard InChI is InChI=1S/C16H22N2O7S/c1-10-5-4-6-11(14(10)22-2)7-18-16(17)12(8-23-15(16)19)13(25-18)9-24-26(3,20)21/h4-6,12-13H,7-9,17H2,1-3H3/t12-,13?,16+/m1/s1. The molecule has 3 rings (SSSR count). The molecule has 10 heteroatoms. The molecule has 2 aliphatic rings. The van der Waals surface area contributed by atoms with E-state index in [2.05, 4.69) is 0 Å². The minimum Gasteiger partial charge on any atom is -0.496 e. The van der Waals surface area contributed by atoms with Crippen molar-refractivity contribution in [2.45, 2.75) is 25.2 Å². The van der Waals surface area contributed by atoms with Gasteiger partial charge in [0, 0.05) is 5.56 Å². The van der Waals surface area contributed by atoms with Gasteiger partial charge in [-0.25, -0.2) is 4.79 Å². The van der Waals surface area contributed by atoms with Gasteiger partial charge in [0.2, 0.25) is 5.66 Å². The summed E-state index contributed by atoms with van der Waals surface area (Å²) in [4.78, 5) is 18.1. The Morgan fingerprint density at radius 3 is 2.81 bits per heavy atom. The van der Waals surface area contributed by atoms with Gasteiger partial charge in [-0.3, -0.25) is 9.02 Å². The molecule has 1 aromatic carbocycles. The summed E-state index contributed by atoms with van der Waals surface area (Å²) in [7, 11) is -2.09. The minimum absolute atomic E-state index is 0.0363. The van der Waals surface area contributed by atoms with Crippen molar-refractivity contribution in [2.75, 3.05) is 26.6 Å². The second-order valence-corrected chi connectivity index (χ2v) is 8.11. The first-order valence-corrected chi connectivity index (χ1v) is 9.86. The molecule has 2 saturated heterocycles. The zero-order valence-corrected chi connectivity index (χ0v) is 15.6. The highest BCUT2D eigenvalue weighted by molar-refractivity contribution is 7.85. The number of esters is 1. The van der Waals surface area contributed by atoms with Crippen LogP contribution in [0.2, 0.25) is 0 Å². The van der Waals surface area contributed by atoms with Gasteiger partial charge in [-0.05, 0) is 12.5 Å². The third kappa shape index (κ3) is 3.30. The van der Waals surface area contributed by atoms with Gasteiger partial charge in [0.05, 0.1) is 32.4 Å². The van der Waals surface area contributed by atoms with E-state index in [9.17, 15) is 13.2 Å². The van der Waals surface area contributed by atoms with Crippen LogP contribution in [-0.4, -0.2) is 57.8 Å². The van der Waals surface area contributed by atoms with Gasteiger partial charge in [0.1, 0.15) is 18.5 Å². The Morgan fingerprint density at radius 1 is 1.42 bits per heavy atom. The fourth-order valence-corrected chi connectivity index (χ4v) is 3.73. The number of carbonyl (C=O) groups is 1. The molecular formula is C16H22N2O7S. The van der Waals surface area contributed by atoms with Crippen LogP contribution in [0.25, 0.3) is 0 Å². The van der Waals surface area contributed by atoms with Crippen LogP contribution < -0.4 is 10.5 Å². The molecule has 0 amide bonds. The Kier molecular flexibility index (Phi) is 4.97. The predicted molar refractivity (Wildman–Crippen MR) is 90.3 cm³/mol. The number of cyclic esters (lactones) is 1. The largest absolute Gasteiger partial charge is 0.496 e. The number of hydrogen-bond acceptors (Lipinski definition) is 9. The van der Waals surface area contributed by atoms with E-state index in [1.165, 1.54) is 5.06 Å². The Hall–Kier alpha value is -1.72. The molecule has 1 unspecified atom stereocenters. The molecule has 9 nitrogen and oxygen atoms in total. The lowest BCUT2D eigenvalue weighted by Crippen LogP contribution is -2.58. The van der Waals surface area contributed by atoms with E-state index in [4.69, 9.17) is 24.2 Å². The average Bonchev–Trinajstić information content (AvgIpc) is 3.00. The summed E-state index contributed by atoms with van der Waals surface area (Å²) in [6.45, 7) is 1.86. The zero-order chi connectivity index (χ0) is 19.1. The number of fused-ring (bicyclic) bond motifs is 1. The molecule has 2 N–H and O–H groups in total. The minimum atomic E-state index is -3.65. The van der Waals surface area contributed by atoms with E-state index in [-0.39, 0.29) is 19.8 Å². The van der Waals surface area contributed by atoms with Crippen molar-refractivity contribution in [3.8, 4) is 5.75 Å². The number of hydroxylamine groups is 2. The molecule has 2 aliphatic heterocycles. The summed E-state index contributed by atoms with van der Waals surface area (Å²) in [6, 6.07) is 5.61. The fraction of sp³-hybridized carbons (Fsp3) is 0.562. The van der Waals surface area contributed by atoms with E-state index >= 15 is 0 Å².